The number of halogens is 2. The van der Waals surface area contributed by atoms with Crippen molar-refractivity contribution in [3.05, 3.63) is 70.0 Å². The largest absolute Gasteiger partial charge is 0.346 e. The molecule has 1 amide bonds. The number of nitrogens with zero attached hydrogens (tertiary/aromatic N) is 3. The van der Waals surface area contributed by atoms with Crippen molar-refractivity contribution in [2.75, 3.05) is 0 Å². The molecule has 5 nitrogen and oxygen atoms in total. The standard InChI is InChI=1S/C23H24Cl2N4OS/c1-15(26-22(30)17-9-5-6-10-17)21-27-28-23(31-14-16-7-3-2-4-8-16)29(21)20-12-11-18(24)13-19(20)25/h2-4,7-8,11-13,15,17H,5-6,9-10,14H2,1H3,(H,26,30). The van der Waals surface area contributed by atoms with Gasteiger partial charge in [0.05, 0.1) is 16.8 Å². The molecule has 2 aromatic carbocycles. The van der Waals surface area contributed by atoms with E-state index in [1.54, 1.807) is 23.9 Å². The Morgan fingerprint density at radius 1 is 1.16 bits per heavy atom. The molecule has 4 rings (SSSR count). The van der Waals surface area contributed by atoms with Crippen molar-refractivity contribution in [1.82, 2.24) is 20.1 Å². The number of thioether (sulfide) groups is 1. The Hall–Kier alpha value is -2.02. The Morgan fingerprint density at radius 2 is 1.90 bits per heavy atom. The van der Waals surface area contributed by atoms with Gasteiger partial charge in [0.15, 0.2) is 11.0 Å². The number of hydrogen-bond donors (Lipinski definition) is 1. The van der Waals surface area contributed by atoms with Crippen molar-refractivity contribution >= 4 is 40.9 Å². The maximum Gasteiger partial charge on any atom is 0.223 e. The van der Waals surface area contributed by atoms with Crippen LogP contribution < -0.4 is 5.32 Å². The lowest BCUT2D eigenvalue weighted by Crippen LogP contribution is -2.33. The summed E-state index contributed by atoms with van der Waals surface area (Å²) >= 11 is 14.2. The van der Waals surface area contributed by atoms with Crippen molar-refractivity contribution in [2.45, 2.75) is 49.6 Å². The minimum atomic E-state index is -0.307. The molecule has 1 saturated carbocycles. The third kappa shape index (κ3) is 5.25. The molecule has 1 N–H and O–H groups in total. The minimum Gasteiger partial charge on any atom is -0.346 e. The summed E-state index contributed by atoms with van der Waals surface area (Å²) in [6.45, 7) is 1.93. The lowest BCUT2D eigenvalue weighted by Gasteiger charge is -2.19. The first-order valence-corrected chi connectivity index (χ1v) is 12.1. The molecule has 1 heterocycles. The second kappa shape index (κ2) is 10.1. The fourth-order valence-electron chi connectivity index (χ4n) is 3.85. The van der Waals surface area contributed by atoms with Crippen LogP contribution in [0.15, 0.2) is 53.7 Å². The van der Waals surface area contributed by atoms with Crippen LogP contribution in [0.3, 0.4) is 0 Å². The summed E-state index contributed by atoms with van der Waals surface area (Å²) in [7, 11) is 0. The number of benzene rings is 2. The van der Waals surface area contributed by atoms with Gasteiger partial charge in [-0.2, -0.15) is 0 Å². The summed E-state index contributed by atoms with van der Waals surface area (Å²) in [5.41, 5.74) is 1.93. The van der Waals surface area contributed by atoms with Gasteiger partial charge in [-0.3, -0.25) is 9.36 Å². The summed E-state index contributed by atoms with van der Waals surface area (Å²) in [4.78, 5) is 12.7. The van der Waals surface area contributed by atoms with Crippen LogP contribution in [-0.4, -0.2) is 20.7 Å². The van der Waals surface area contributed by atoms with Gasteiger partial charge in [0, 0.05) is 16.7 Å². The molecular weight excluding hydrogens is 451 g/mol. The Bertz CT molecular complexity index is 1050. The lowest BCUT2D eigenvalue weighted by atomic mass is 10.1. The molecule has 0 saturated heterocycles. The zero-order valence-electron chi connectivity index (χ0n) is 17.2. The van der Waals surface area contributed by atoms with Gasteiger partial charge in [0.25, 0.3) is 0 Å². The maximum atomic E-state index is 12.7. The van der Waals surface area contributed by atoms with Crippen LogP contribution in [0.1, 0.15) is 50.0 Å². The van der Waals surface area contributed by atoms with Crippen LogP contribution >= 0.6 is 35.0 Å². The van der Waals surface area contributed by atoms with Crippen LogP contribution in [0, 0.1) is 5.92 Å². The molecule has 31 heavy (non-hydrogen) atoms. The second-order valence-corrected chi connectivity index (χ2v) is 9.54. The van der Waals surface area contributed by atoms with E-state index in [9.17, 15) is 4.79 Å². The summed E-state index contributed by atoms with van der Waals surface area (Å²) in [6.07, 6.45) is 4.13. The average Bonchev–Trinajstić information content (AvgIpc) is 3.43. The normalized spacial score (nSPS) is 15.2. The van der Waals surface area contributed by atoms with E-state index in [1.165, 1.54) is 5.56 Å². The van der Waals surface area contributed by atoms with E-state index in [-0.39, 0.29) is 17.9 Å². The highest BCUT2D eigenvalue weighted by Crippen LogP contribution is 2.33. The monoisotopic (exact) mass is 474 g/mol. The van der Waals surface area contributed by atoms with Crippen LogP contribution in [0.2, 0.25) is 10.0 Å². The zero-order chi connectivity index (χ0) is 21.8. The summed E-state index contributed by atoms with van der Waals surface area (Å²) in [6, 6.07) is 15.2. The Kier molecular flexibility index (Phi) is 7.20. The quantitative estimate of drug-likeness (QED) is 0.412. The van der Waals surface area contributed by atoms with E-state index in [0.717, 1.165) is 37.1 Å². The van der Waals surface area contributed by atoms with E-state index >= 15 is 0 Å². The number of nitrogens with one attached hydrogen (secondary N) is 1. The van der Waals surface area contributed by atoms with Gasteiger partial charge >= 0.3 is 0 Å². The van der Waals surface area contributed by atoms with E-state index in [1.807, 2.05) is 35.8 Å². The molecule has 8 heteroatoms. The van der Waals surface area contributed by atoms with Crippen molar-refractivity contribution in [3.8, 4) is 5.69 Å². The van der Waals surface area contributed by atoms with Crippen molar-refractivity contribution in [3.63, 3.8) is 0 Å². The summed E-state index contributed by atoms with van der Waals surface area (Å²) in [5, 5.41) is 13.8. The summed E-state index contributed by atoms with van der Waals surface area (Å²) < 4.78 is 1.92. The summed E-state index contributed by atoms with van der Waals surface area (Å²) in [5.74, 6) is 1.56. The zero-order valence-corrected chi connectivity index (χ0v) is 19.6. The van der Waals surface area contributed by atoms with Crippen molar-refractivity contribution in [1.29, 1.82) is 0 Å². The van der Waals surface area contributed by atoms with E-state index in [4.69, 9.17) is 23.2 Å². The average molecular weight is 475 g/mol. The molecule has 1 aliphatic rings. The number of aromatic nitrogens is 3. The smallest absolute Gasteiger partial charge is 0.223 e. The second-order valence-electron chi connectivity index (χ2n) is 7.76. The topological polar surface area (TPSA) is 59.8 Å². The third-order valence-electron chi connectivity index (χ3n) is 5.49. The Balaban J connectivity index is 1.64. The highest BCUT2D eigenvalue weighted by Gasteiger charge is 2.27. The van der Waals surface area contributed by atoms with Crippen LogP contribution in [0.5, 0.6) is 0 Å². The molecule has 0 radical (unpaired) electrons. The molecule has 1 aromatic heterocycles. The van der Waals surface area contributed by atoms with E-state index in [2.05, 4.69) is 27.6 Å². The van der Waals surface area contributed by atoms with Crippen LogP contribution in [-0.2, 0) is 10.5 Å². The molecule has 3 aromatic rings. The predicted molar refractivity (Wildman–Crippen MR) is 126 cm³/mol. The van der Waals surface area contributed by atoms with Gasteiger partial charge in [-0.1, -0.05) is 78.1 Å². The first-order chi connectivity index (χ1) is 15.0. The van der Waals surface area contributed by atoms with Gasteiger partial charge < -0.3 is 5.32 Å². The fourth-order valence-corrected chi connectivity index (χ4v) is 5.25. The van der Waals surface area contributed by atoms with Gasteiger partial charge in [0.1, 0.15) is 0 Å². The minimum absolute atomic E-state index is 0.0836. The highest BCUT2D eigenvalue weighted by atomic mass is 35.5. The van der Waals surface area contributed by atoms with Gasteiger partial charge in [-0.05, 0) is 43.5 Å². The Labute approximate surface area is 196 Å². The lowest BCUT2D eigenvalue weighted by molar-refractivity contribution is -0.125. The van der Waals surface area contributed by atoms with Crippen LogP contribution in [0.25, 0.3) is 5.69 Å². The fraction of sp³-hybridized carbons (Fsp3) is 0.348. The number of carbonyl (C=O) groups excluding carboxylic acids is 1. The molecule has 1 atom stereocenters. The molecule has 162 valence electrons. The molecule has 0 aliphatic heterocycles. The van der Waals surface area contributed by atoms with E-state index < -0.39 is 0 Å². The van der Waals surface area contributed by atoms with Crippen molar-refractivity contribution in [2.24, 2.45) is 5.92 Å². The number of carbonyl (C=O) groups is 1. The SMILES string of the molecule is CC(NC(=O)C1CCCC1)c1nnc(SCc2ccccc2)n1-c1ccc(Cl)cc1Cl. The van der Waals surface area contributed by atoms with E-state index in [0.29, 0.717) is 21.0 Å². The van der Waals surface area contributed by atoms with Gasteiger partial charge in [-0.25, -0.2) is 0 Å². The Morgan fingerprint density at radius 3 is 2.61 bits per heavy atom. The molecule has 1 fully saturated rings. The maximum absolute atomic E-state index is 12.7. The number of amides is 1. The number of hydrogen-bond acceptors (Lipinski definition) is 4. The number of rotatable bonds is 7. The molecule has 0 spiro atoms. The molecule has 1 aliphatic carbocycles. The molecule has 0 bridgehead atoms. The van der Waals surface area contributed by atoms with Crippen molar-refractivity contribution < 1.29 is 4.79 Å². The molecule has 1 unspecified atom stereocenters. The first kappa shape index (κ1) is 22.2. The van der Waals surface area contributed by atoms with Gasteiger partial charge in [-0.15, -0.1) is 10.2 Å². The first-order valence-electron chi connectivity index (χ1n) is 10.4. The molecular formula is C23H24Cl2N4OS. The third-order valence-corrected chi connectivity index (χ3v) is 7.03. The highest BCUT2D eigenvalue weighted by molar-refractivity contribution is 7.98. The predicted octanol–water partition coefficient (Wildman–Crippen LogP) is 6.23. The van der Waals surface area contributed by atoms with Gasteiger partial charge in [0.2, 0.25) is 5.91 Å². The van der Waals surface area contributed by atoms with Crippen LogP contribution in [0.4, 0.5) is 0 Å².